The summed E-state index contributed by atoms with van der Waals surface area (Å²) in [7, 11) is 0. The van der Waals surface area contributed by atoms with E-state index < -0.39 is 6.10 Å². The predicted octanol–water partition coefficient (Wildman–Crippen LogP) is 2.54. The van der Waals surface area contributed by atoms with Crippen LogP contribution in [0.1, 0.15) is 24.2 Å². The van der Waals surface area contributed by atoms with E-state index in [0.717, 1.165) is 16.5 Å². The Morgan fingerprint density at radius 1 is 1.44 bits per heavy atom. The van der Waals surface area contributed by atoms with Crippen molar-refractivity contribution >= 4 is 22.5 Å². The van der Waals surface area contributed by atoms with E-state index in [1.165, 1.54) is 0 Å². The number of aliphatic hydroxyl groups excluding tert-OH is 1. The number of halogens is 1. The number of aryl methyl sites for hydroxylation is 1. The summed E-state index contributed by atoms with van der Waals surface area (Å²) in [4.78, 5) is 14.4. The molecule has 1 heterocycles. The highest BCUT2D eigenvalue weighted by molar-refractivity contribution is 6.35. The minimum absolute atomic E-state index is 0.270. The molecule has 1 atom stereocenters. The zero-order valence-electron chi connectivity index (χ0n) is 9.04. The molecule has 0 aliphatic heterocycles. The van der Waals surface area contributed by atoms with Gasteiger partial charge in [-0.05, 0) is 31.5 Å². The Morgan fingerprint density at radius 3 is 2.75 bits per heavy atom. The van der Waals surface area contributed by atoms with Gasteiger partial charge in [-0.1, -0.05) is 17.7 Å². The Kier molecular flexibility index (Phi) is 2.74. The fraction of sp³-hybridized carbons (Fsp3) is 0.250. The van der Waals surface area contributed by atoms with E-state index in [0.29, 0.717) is 10.6 Å². The first-order chi connectivity index (χ1) is 7.50. The van der Waals surface area contributed by atoms with Crippen LogP contribution in [-0.2, 0) is 0 Å². The molecule has 0 spiro atoms. The average molecular weight is 238 g/mol. The monoisotopic (exact) mass is 237 g/mol. The molecule has 0 aliphatic rings. The quantitative estimate of drug-likeness (QED) is 0.801. The van der Waals surface area contributed by atoms with Gasteiger partial charge in [0.1, 0.15) is 0 Å². The van der Waals surface area contributed by atoms with Crippen molar-refractivity contribution in [1.82, 2.24) is 4.98 Å². The van der Waals surface area contributed by atoms with Gasteiger partial charge in [0.2, 0.25) is 0 Å². The molecule has 3 nitrogen and oxygen atoms in total. The Morgan fingerprint density at radius 2 is 2.12 bits per heavy atom. The highest BCUT2D eigenvalue weighted by Gasteiger charge is 2.10. The molecule has 0 saturated carbocycles. The summed E-state index contributed by atoms with van der Waals surface area (Å²) in [5.74, 6) is 0. The summed E-state index contributed by atoms with van der Waals surface area (Å²) in [6.45, 7) is 3.46. The standard InChI is InChI=1S/C12H12ClNO2/c1-6-3-4-10(13)9-5-8(7(2)15)12(16)14-11(6)9/h3-5,7,15H,1-2H3,(H,14,16). The molecule has 2 aromatic rings. The van der Waals surface area contributed by atoms with Crippen LogP contribution in [-0.4, -0.2) is 10.1 Å². The molecule has 1 aromatic heterocycles. The zero-order chi connectivity index (χ0) is 11.9. The minimum atomic E-state index is -0.801. The van der Waals surface area contributed by atoms with Crippen molar-refractivity contribution in [2.45, 2.75) is 20.0 Å². The van der Waals surface area contributed by atoms with Crippen LogP contribution in [0, 0.1) is 6.92 Å². The summed E-state index contributed by atoms with van der Waals surface area (Å²) >= 11 is 6.05. The number of pyridine rings is 1. The highest BCUT2D eigenvalue weighted by Crippen LogP contribution is 2.25. The first-order valence-electron chi connectivity index (χ1n) is 5.01. The van der Waals surface area contributed by atoms with Gasteiger partial charge < -0.3 is 10.1 Å². The molecule has 0 fully saturated rings. The second-order valence-electron chi connectivity index (χ2n) is 3.88. The molecule has 0 aliphatic carbocycles. The molecule has 0 saturated heterocycles. The lowest BCUT2D eigenvalue weighted by molar-refractivity contribution is 0.198. The average Bonchev–Trinajstić information content (AvgIpc) is 2.23. The normalized spacial score (nSPS) is 13.0. The molecule has 2 N–H and O–H groups in total. The van der Waals surface area contributed by atoms with Gasteiger partial charge in [0.15, 0.2) is 0 Å². The van der Waals surface area contributed by atoms with Gasteiger partial charge in [-0.25, -0.2) is 0 Å². The molecule has 16 heavy (non-hydrogen) atoms. The van der Waals surface area contributed by atoms with E-state index in [1.807, 2.05) is 13.0 Å². The maximum Gasteiger partial charge on any atom is 0.254 e. The number of benzene rings is 1. The third-order valence-corrected chi connectivity index (χ3v) is 2.98. The van der Waals surface area contributed by atoms with Crippen molar-refractivity contribution in [3.63, 3.8) is 0 Å². The fourth-order valence-electron chi connectivity index (χ4n) is 1.73. The zero-order valence-corrected chi connectivity index (χ0v) is 9.80. The highest BCUT2D eigenvalue weighted by atomic mass is 35.5. The number of nitrogens with one attached hydrogen (secondary N) is 1. The Labute approximate surface area is 97.7 Å². The van der Waals surface area contributed by atoms with Crippen LogP contribution < -0.4 is 5.56 Å². The Hall–Kier alpha value is -1.32. The number of aromatic nitrogens is 1. The lowest BCUT2D eigenvalue weighted by Gasteiger charge is -2.08. The first-order valence-corrected chi connectivity index (χ1v) is 5.38. The van der Waals surface area contributed by atoms with E-state index in [2.05, 4.69) is 4.98 Å². The summed E-state index contributed by atoms with van der Waals surface area (Å²) in [6, 6.07) is 5.28. The van der Waals surface area contributed by atoms with Crippen molar-refractivity contribution in [3.8, 4) is 0 Å². The second kappa shape index (κ2) is 3.92. The van der Waals surface area contributed by atoms with Crippen LogP contribution >= 0.6 is 11.6 Å². The van der Waals surface area contributed by atoms with Crippen molar-refractivity contribution in [2.75, 3.05) is 0 Å². The molecule has 0 radical (unpaired) electrons. The molecule has 0 amide bonds. The third-order valence-electron chi connectivity index (χ3n) is 2.65. The Balaban J connectivity index is 2.89. The number of rotatable bonds is 1. The maximum absolute atomic E-state index is 11.7. The van der Waals surface area contributed by atoms with Crippen LogP contribution in [0.25, 0.3) is 10.9 Å². The number of hydrogen-bond acceptors (Lipinski definition) is 2. The number of fused-ring (bicyclic) bond motifs is 1. The summed E-state index contributed by atoms with van der Waals surface area (Å²) in [5.41, 5.74) is 1.74. The molecular formula is C12H12ClNO2. The van der Waals surface area contributed by atoms with E-state index in [1.54, 1.807) is 19.1 Å². The molecule has 84 valence electrons. The van der Waals surface area contributed by atoms with Crippen molar-refractivity contribution in [3.05, 3.63) is 44.7 Å². The predicted molar refractivity (Wildman–Crippen MR) is 64.9 cm³/mol. The summed E-state index contributed by atoms with van der Waals surface area (Å²) < 4.78 is 0. The van der Waals surface area contributed by atoms with Crippen molar-refractivity contribution in [2.24, 2.45) is 0 Å². The van der Waals surface area contributed by atoms with Crippen LogP contribution in [0.2, 0.25) is 5.02 Å². The maximum atomic E-state index is 11.7. The molecular weight excluding hydrogens is 226 g/mol. The smallest absolute Gasteiger partial charge is 0.254 e. The summed E-state index contributed by atoms with van der Waals surface area (Å²) in [5, 5.41) is 10.8. The van der Waals surface area contributed by atoms with Gasteiger partial charge in [0.05, 0.1) is 11.6 Å². The summed E-state index contributed by atoms with van der Waals surface area (Å²) in [6.07, 6.45) is -0.801. The number of aliphatic hydroxyl groups is 1. The molecule has 0 bridgehead atoms. The third kappa shape index (κ3) is 1.72. The second-order valence-corrected chi connectivity index (χ2v) is 4.29. The van der Waals surface area contributed by atoms with Crippen LogP contribution in [0.3, 0.4) is 0 Å². The lowest BCUT2D eigenvalue weighted by atomic mass is 10.1. The number of H-pyrrole nitrogens is 1. The van der Waals surface area contributed by atoms with Crippen LogP contribution in [0.4, 0.5) is 0 Å². The largest absolute Gasteiger partial charge is 0.388 e. The van der Waals surface area contributed by atoms with E-state index in [4.69, 9.17) is 11.6 Å². The van der Waals surface area contributed by atoms with Gasteiger partial charge in [-0.2, -0.15) is 0 Å². The number of hydrogen-bond donors (Lipinski definition) is 2. The SMILES string of the molecule is Cc1ccc(Cl)c2cc(C(C)O)c(=O)[nH]c12. The Bertz CT molecular complexity index is 602. The molecule has 2 rings (SSSR count). The first kappa shape index (κ1) is 11.2. The van der Waals surface area contributed by atoms with Crippen LogP contribution in [0.15, 0.2) is 23.0 Å². The lowest BCUT2D eigenvalue weighted by Crippen LogP contribution is -2.15. The van der Waals surface area contributed by atoms with Gasteiger partial charge in [0.25, 0.3) is 5.56 Å². The fourth-order valence-corrected chi connectivity index (χ4v) is 1.94. The van der Waals surface area contributed by atoms with E-state index >= 15 is 0 Å². The van der Waals surface area contributed by atoms with Gasteiger partial charge in [-0.3, -0.25) is 4.79 Å². The van der Waals surface area contributed by atoms with Crippen molar-refractivity contribution in [1.29, 1.82) is 0 Å². The van der Waals surface area contributed by atoms with E-state index in [-0.39, 0.29) is 5.56 Å². The van der Waals surface area contributed by atoms with Gasteiger partial charge >= 0.3 is 0 Å². The van der Waals surface area contributed by atoms with Crippen molar-refractivity contribution < 1.29 is 5.11 Å². The molecule has 4 heteroatoms. The minimum Gasteiger partial charge on any atom is -0.388 e. The van der Waals surface area contributed by atoms with E-state index in [9.17, 15) is 9.90 Å². The number of aromatic amines is 1. The molecule has 1 aromatic carbocycles. The van der Waals surface area contributed by atoms with Crippen LogP contribution in [0.5, 0.6) is 0 Å². The van der Waals surface area contributed by atoms with Gasteiger partial charge in [0, 0.05) is 16.0 Å². The van der Waals surface area contributed by atoms with Gasteiger partial charge in [-0.15, -0.1) is 0 Å². The topological polar surface area (TPSA) is 53.1 Å². The molecule has 1 unspecified atom stereocenters.